The number of amides is 2. The largest absolute Gasteiger partial charge is 0.342 e. The van der Waals surface area contributed by atoms with Gasteiger partial charge in [-0.05, 0) is 50.3 Å². The maximum Gasteiger partial charge on any atom is 0.254 e. The second kappa shape index (κ2) is 11.5. The van der Waals surface area contributed by atoms with Gasteiger partial charge in [0.15, 0.2) is 11.0 Å². The number of aryl methyl sites for hydroxylation is 1. The number of aromatic nitrogens is 3. The first-order chi connectivity index (χ1) is 17.4. The lowest BCUT2D eigenvalue weighted by Gasteiger charge is -2.15. The molecule has 0 bridgehead atoms. The van der Waals surface area contributed by atoms with Gasteiger partial charge in [-0.15, -0.1) is 28.1 Å². The van der Waals surface area contributed by atoms with E-state index < -0.39 is 17.8 Å². The summed E-state index contributed by atoms with van der Waals surface area (Å²) >= 11 is 2.68. The number of benzene rings is 1. The van der Waals surface area contributed by atoms with E-state index in [1.165, 1.54) is 46.2 Å². The predicted octanol–water partition coefficient (Wildman–Crippen LogP) is 4.64. The van der Waals surface area contributed by atoms with Gasteiger partial charge in [0, 0.05) is 11.4 Å². The van der Waals surface area contributed by atoms with Crippen LogP contribution in [0.5, 0.6) is 0 Å². The van der Waals surface area contributed by atoms with E-state index in [1.54, 1.807) is 23.6 Å². The average Bonchev–Trinajstić information content (AvgIpc) is 3.43. The van der Waals surface area contributed by atoms with Crippen LogP contribution in [0.25, 0.3) is 0 Å². The molecule has 0 aliphatic heterocycles. The van der Waals surface area contributed by atoms with Gasteiger partial charge in [-0.1, -0.05) is 30.0 Å². The van der Waals surface area contributed by atoms with Crippen LogP contribution >= 0.6 is 23.1 Å². The molecule has 2 amide bonds. The fourth-order valence-electron chi connectivity index (χ4n) is 4.08. The summed E-state index contributed by atoms with van der Waals surface area (Å²) in [6.07, 6.45) is 5.64. The Morgan fingerprint density at radius 3 is 2.86 bits per heavy atom. The van der Waals surface area contributed by atoms with Crippen LogP contribution in [0.4, 0.5) is 9.39 Å². The zero-order chi connectivity index (χ0) is 25.7. The summed E-state index contributed by atoms with van der Waals surface area (Å²) < 4.78 is 15.7. The molecule has 186 valence electrons. The van der Waals surface area contributed by atoms with Crippen LogP contribution in [0.1, 0.15) is 58.0 Å². The lowest BCUT2D eigenvalue weighted by atomic mass is 9.96. The minimum atomic E-state index is -0.608. The van der Waals surface area contributed by atoms with Crippen molar-refractivity contribution in [3.8, 4) is 6.07 Å². The van der Waals surface area contributed by atoms with Gasteiger partial charge < -0.3 is 15.2 Å². The van der Waals surface area contributed by atoms with Crippen molar-refractivity contribution in [2.75, 3.05) is 11.1 Å². The molecule has 2 N–H and O–H groups in total. The summed E-state index contributed by atoms with van der Waals surface area (Å²) in [6, 6.07) is 7.43. The number of nitrogens with zero attached hydrogens (tertiary/aromatic N) is 4. The highest BCUT2D eigenvalue weighted by molar-refractivity contribution is 7.99. The molecule has 0 spiro atoms. The molecule has 36 heavy (non-hydrogen) atoms. The highest BCUT2D eigenvalue weighted by Gasteiger charge is 2.24. The van der Waals surface area contributed by atoms with Crippen LogP contribution in [-0.2, 0) is 24.2 Å². The second-order valence-electron chi connectivity index (χ2n) is 8.28. The number of carbonyl (C=O) groups is 2. The van der Waals surface area contributed by atoms with Gasteiger partial charge in [-0.3, -0.25) is 9.59 Å². The number of rotatable bonds is 9. The summed E-state index contributed by atoms with van der Waals surface area (Å²) in [5.74, 6) is -0.887. The first-order valence-electron chi connectivity index (χ1n) is 11.5. The van der Waals surface area contributed by atoms with E-state index in [0.717, 1.165) is 31.2 Å². The van der Waals surface area contributed by atoms with Gasteiger partial charge in [0.25, 0.3) is 5.91 Å². The number of halogens is 1. The number of fused-ring (bicyclic) bond motifs is 1. The standard InChI is InChI=1S/C25H25FN6O2S2/c1-3-12-32-22(15(2)28-23(34)17-9-4-6-10-19(17)26)30-31-25(32)35-14-21(33)29-24-18(13-27)16-8-5-7-11-20(16)36-24/h3-4,6,9-10,15H,1,5,7-8,11-12,14H2,2H3,(H,28,34)(H,29,33)/t15-/m0/s1. The van der Waals surface area contributed by atoms with Crippen LogP contribution < -0.4 is 10.6 Å². The summed E-state index contributed by atoms with van der Waals surface area (Å²) in [7, 11) is 0. The van der Waals surface area contributed by atoms with Gasteiger partial charge >= 0.3 is 0 Å². The SMILES string of the molecule is C=CCn1c(SCC(=O)Nc2sc3c(c2C#N)CCCC3)nnc1[C@H](C)NC(=O)c1ccccc1F. The maximum atomic E-state index is 14.0. The lowest BCUT2D eigenvalue weighted by molar-refractivity contribution is -0.113. The van der Waals surface area contributed by atoms with Gasteiger partial charge in [0.2, 0.25) is 5.91 Å². The molecule has 1 atom stereocenters. The average molecular weight is 525 g/mol. The van der Waals surface area contributed by atoms with Crippen LogP contribution in [0.15, 0.2) is 42.1 Å². The monoisotopic (exact) mass is 524 g/mol. The van der Waals surface area contributed by atoms with E-state index in [0.29, 0.717) is 28.1 Å². The van der Waals surface area contributed by atoms with Crippen molar-refractivity contribution in [3.05, 3.63) is 70.1 Å². The molecule has 3 aromatic rings. The lowest BCUT2D eigenvalue weighted by Crippen LogP contribution is -2.29. The fourth-order valence-corrected chi connectivity index (χ4v) is 6.09. The summed E-state index contributed by atoms with van der Waals surface area (Å²) in [5, 5.41) is 24.7. The molecule has 0 saturated heterocycles. The van der Waals surface area contributed by atoms with E-state index in [-0.39, 0.29) is 17.2 Å². The molecule has 4 rings (SSSR count). The van der Waals surface area contributed by atoms with Crippen molar-refractivity contribution in [1.82, 2.24) is 20.1 Å². The Morgan fingerprint density at radius 2 is 2.11 bits per heavy atom. The molecule has 0 fully saturated rings. The number of hydrogen-bond acceptors (Lipinski definition) is 7. The van der Waals surface area contributed by atoms with Crippen molar-refractivity contribution < 1.29 is 14.0 Å². The number of anilines is 1. The number of nitriles is 1. The van der Waals surface area contributed by atoms with E-state index >= 15 is 0 Å². The molecular formula is C25H25FN6O2S2. The third-order valence-corrected chi connectivity index (χ3v) is 7.95. The minimum absolute atomic E-state index is 0.0580. The predicted molar refractivity (Wildman–Crippen MR) is 138 cm³/mol. The molecule has 1 aliphatic carbocycles. The van der Waals surface area contributed by atoms with Gasteiger partial charge in [0.1, 0.15) is 16.9 Å². The number of allylic oxidation sites excluding steroid dienone is 1. The third kappa shape index (κ3) is 5.50. The highest BCUT2D eigenvalue weighted by atomic mass is 32.2. The topological polar surface area (TPSA) is 113 Å². The van der Waals surface area contributed by atoms with Crippen LogP contribution in [0, 0.1) is 17.1 Å². The van der Waals surface area contributed by atoms with Crippen molar-refractivity contribution in [2.24, 2.45) is 0 Å². The Morgan fingerprint density at radius 1 is 1.33 bits per heavy atom. The van der Waals surface area contributed by atoms with Crippen LogP contribution in [-0.4, -0.2) is 32.3 Å². The Kier molecular flexibility index (Phi) is 8.18. The number of nitrogens with one attached hydrogen (secondary N) is 2. The summed E-state index contributed by atoms with van der Waals surface area (Å²) in [4.78, 5) is 26.4. The van der Waals surface area contributed by atoms with E-state index in [4.69, 9.17) is 0 Å². The van der Waals surface area contributed by atoms with Crippen molar-refractivity contribution in [2.45, 2.75) is 50.4 Å². The Hall–Kier alpha value is -3.49. The first kappa shape index (κ1) is 25.6. The molecule has 0 saturated carbocycles. The third-order valence-electron chi connectivity index (χ3n) is 5.78. The fraction of sp³-hybridized carbons (Fsp3) is 0.320. The molecule has 8 nitrogen and oxygen atoms in total. The molecule has 0 unspecified atom stereocenters. The molecule has 11 heteroatoms. The maximum absolute atomic E-state index is 14.0. The normalized spacial score (nSPS) is 13.4. The minimum Gasteiger partial charge on any atom is -0.342 e. The molecule has 1 aliphatic rings. The van der Waals surface area contributed by atoms with Gasteiger partial charge in [0.05, 0.1) is 22.9 Å². The smallest absolute Gasteiger partial charge is 0.254 e. The molecule has 0 radical (unpaired) electrons. The van der Waals surface area contributed by atoms with Crippen molar-refractivity contribution in [3.63, 3.8) is 0 Å². The van der Waals surface area contributed by atoms with Crippen LogP contribution in [0.2, 0.25) is 0 Å². The summed E-state index contributed by atoms with van der Waals surface area (Å²) in [5.41, 5.74) is 1.58. The molecule has 2 aromatic heterocycles. The molecular weight excluding hydrogens is 499 g/mol. The second-order valence-corrected chi connectivity index (χ2v) is 10.3. The zero-order valence-electron chi connectivity index (χ0n) is 19.7. The number of thioether (sulfide) groups is 1. The van der Waals surface area contributed by atoms with Crippen molar-refractivity contribution in [1.29, 1.82) is 5.26 Å². The van der Waals surface area contributed by atoms with Gasteiger partial charge in [-0.25, -0.2) is 4.39 Å². The summed E-state index contributed by atoms with van der Waals surface area (Å²) in [6.45, 7) is 5.86. The van der Waals surface area contributed by atoms with Crippen molar-refractivity contribution >= 4 is 39.9 Å². The number of carbonyl (C=O) groups excluding carboxylic acids is 2. The van der Waals surface area contributed by atoms with E-state index in [1.807, 2.05) is 0 Å². The first-order valence-corrected chi connectivity index (χ1v) is 13.3. The zero-order valence-corrected chi connectivity index (χ0v) is 21.3. The molecule has 1 aromatic carbocycles. The Labute approximate surface area is 216 Å². The quantitative estimate of drug-likeness (QED) is 0.312. The Bertz CT molecular complexity index is 1340. The Balaban J connectivity index is 1.43. The van der Waals surface area contributed by atoms with Gasteiger partial charge in [-0.2, -0.15) is 5.26 Å². The number of hydrogen-bond donors (Lipinski definition) is 2. The van der Waals surface area contributed by atoms with E-state index in [9.17, 15) is 19.2 Å². The molecule has 2 heterocycles. The highest BCUT2D eigenvalue weighted by Crippen LogP contribution is 2.37. The van der Waals surface area contributed by atoms with E-state index in [2.05, 4.69) is 33.5 Å². The number of thiophene rings is 1. The van der Waals surface area contributed by atoms with Crippen LogP contribution in [0.3, 0.4) is 0 Å².